The van der Waals surface area contributed by atoms with Crippen molar-refractivity contribution in [3.05, 3.63) is 65.9 Å². The third kappa shape index (κ3) is 5.49. The molecule has 0 aliphatic heterocycles. The van der Waals surface area contributed by atoms with Gasteiger partial charge in [-0.05, 0) is 29.3 Å². The van der Waals surface area contributed by atoms with Crippen molar-refractivity contribution < 1.29 is 26.3 Å². The van der Waals surface area contributed by atoms with Crippen LogP contribution in [0, 0.1) is 0 Å². The maximum atomic E-state index is 12.3. The number of aromatic nitrogens is 1. The molecule has 3 rings (SSSR count). The number of methoxy groups -OCH3 is 1. The summed E-state index contributed by atoms with van der Waals surface area (Å²) in [6, 6.07) is 14.6. The van der Waals surface area contributed by atoms with Crippen LogP contribution >= 0.6 is 0 Å². The van der Waals surface area contributed by atoms with Crippen LogP contribution in [0.3, 0.4) is 0 Å². The predicted molar refractivity (Wildman–Crippen MR) is 104 cm³/mol. The van der Waals surface area contributed by atoms with E-state index in [1.165, 1.54) is 11.8 Å². The second-order valence-electron chi connectivity index (χ2n) is 6.40. The van der Waals surface area contributed by atoms with Crippen molar-refractivity contribution in [3.63, 3.8) is 0 Å². The molecule has 0 amide bonds. The first kappa shape index (κ1) is 21.2. The number of benzene rings is 2. The molecule has 0 unspecified atom stereocenters. The van der Waals surface area contributed by atoms with E-state index in [2.05, 4.69) is 9.71 Å². The Morgan fingerprint density at radius 2 is 1.76 bits per heavy atom. The average molecular weight is 427 g/mol. The minimum atomic E-state index is -4.64. The van der Waals surface area contributed by atoms with E-state index >= 15 is 0 Å². The number of rotatable bonds is 8. The molecule has 0 aliphatic rings. The first-order valence-electron chi connectivity index (χ1n) is 8.69. The number of para-hydroxylation sites is 1. The summed E-state index contributed by atoms with van der Waals surface area (Å²) in [6.45, 7) is -1.76. The van der Waals surface area contributed by atoms with E-state index in [0.717, 1.165) is 22.0 Å². The van der Waals surface area contributed by atoms with Gasteiger partial charge in [0.2, 0.25) is 0 Å². The van der Waals surface area contributed by atoms with E-state index in [1.807, 2.05) is 24.3 Å². The van der Waals surface area contributed by atoms with Crippen molar-refractivity contribution in [3.8, 4) is 5.75 Å². The summed E-state index contributed by atoms with van der Waals surface area (Å²) < 4.78 is 69.9. The van der Waals surface area contributed by atoms with Gasteiger partial charge in [0.15, 0.2) is 0 Å². The van der Waals surface area contributed by atoms with Gasteiger partial charge in [0, 0.05) is 29.6 Å². The maximum Gasteiger partial charge on any atom is 0.402 e. The number of hydrogen-bond acceptors (Lipinski definition) is 3. The summed E-state index contributed by atoms with van der Waals surface area (Å²) in [5.74, 6) is 0.207. The first-order valence-corrected chi connectivity index (χ1v) is 10.2. The number of aromatic amines is 1. The van der Waals surface area contributed by atoms with Gasteiger partial charge in [-0.25, -0.2) is 4.72 Å². The van der Waals surface area contributed by atoms with Crippen LogP contribution in [0.25, 0.3) is 10.9 Å². The number of halogens is 3. The second kappa shape index (κ2) is 8.44. The molecule has 3 N–H and O–H groups in total. The highest BCUT2D eigenvalue weighted by Crippen LogP contribution is 2.31. The third-order valence-electron chi connectivity index (χ3n) is 4.45. The second-order valence-corrected chi connectivity index (χ2v) is 7.99. The Hall–Kier alpha value is -2.56. The third-order valence-corrected chi connectivity index (χ3v) is 5.53. The summed E-state index contributed by atoms with van der Waals surface area (Å²) in [4.78, 5) is 3.14. The lowest BCUT2D eigenvalue weighted by molar-refractivity contribution is -0.121. The molecule has 0 radical (unpaired) electrons. The van der Waals surface area contributed by atoms with Crippen molar-refractivity contribution >= 4 is 21.1 Å². The molecule has 0 spiro atoms. The Labute approximate surface area is 166 Å². The van der Waals surface area contributed by atoms with Gasteiger partial charge in [-0.2, -0.15) is 26.3 Å². The van der Waals surface area contributed by atoms with E-state index in [0.29, 0.717) is 5.75 Å². The van der Waals surface area contributed by atoms with Crippen LogP contribution < -0.4 is 14.2 Å². The zero-order chi connectivity index (χ0) is 21.1. The molecule has 156 valence electrons. The fourth-order valence-corrected chi connectivity index (χ4v) is 3.89. The smallest absolute Gasteiger partial charge is 0.402 e. The minimum absolute atomic E-state index is 0.124. The lowest BCUT2D eigenvalue weighted by Gasteiger charge is -2.19. The number of nitrogens with one attached hydrogen (secondary N) is 3. The zero-order valence-corrected chi connectivity index (χ0v) is 16.3. The van der Waals surface area contributed by atoms with Crippen LogP contribution in [0.5, 0.6) is 5.75 Å². The number of ether oxygens (including phenoxy) is 1. The molecule has 1 aromatic heterocycles. The number of hydrogen-bond donors (Lipinski definition) is 3. The van der Waals surface area contributed by atoms with E-state index in [-0.39, 0.29) is 6.54 Å². The summed E-state index contributed by atoms with van der Waals surface area (Å²) >= 11 is 0. The molecule has 10 heteroatoms. The number of H-pyrrole nitrogens is 1. The van der Waals surface area contributed by atoms with Gasteiger partial charge in [0.1, 0.15) is 12.3 Å². The van der Waals surface area contributed by atoms with E-state index in [9.17, 15) is 21.6 Å². The predicted octanol–water partition coefficient (Wildman–Crippen LogP) is 3.29. The SMILES string of the molecule is COc1ccc([C@H](CNS(=O)(=O)NCC(F)(F)F)c2c[nH]c3ccccc23)cc1. The summed E-state index contributed by atoms with van der Waals surface area (Å²) in [6.07, 6.45) is -2.86. The number of fused-ring (bicyclic) bond motifs is 1. The van der Waals surface area contributed by atoms with Gasteiger partial charge in [-0.3, -0.25) is 0 Å². The summed E-state index contributed by atoms with van der Waals surface area (Å²) in [5.41, 5.74) is 2.48. The van der Waals surface area contributed by atoms with Crippen molar-refractivity contribution in [2.24, 2.45) is 0 Å². The van der Waals surface area contributed by atoms with Crippen molar-refractivity contribution in [2.75, 3.05) is 20.2 Å². The Bertz CT molecular complexity index is 1060. The number of alkyl halides is 3. The van der Waals surface area contributed by atoms with Gasteiger partial charge in [0.05, 0.1) is 7.11 Å². The van der Waals surface area contributed by atoms with E-state index in [4.69, 9.17) is 4.74 Å². The van der Waals surface area contributed by atoms with E-state index < -0.39 is 28.8 Å². The highest BCUT2D eigenvalue weighted by molar-refractivity contribution is 7.87. The molecule has 3 aromatic rings. The molecular weight excluding hydrogens is 407 g/mol. The molecule has 0 saturated carbocycles. The monoisotopic (exact) mass is 427 g/mol. The van der Waals surface area contributed by atoms with Crippen molar-refractivity contribution in [1.82, 2.24) is 14.4 Å². The highest BCUT2D eigenvalue weighted by Gasteiger charge is 2.30. The summed E-state index contributed by atoms with van der Waals surface area (Å²) in [5, 5.41) is 0.899. The quantitative estimate of drug-likeness (QED) is 0.516. The highest BCUT2D eigenvalue weighted by atomic mass is 32.2. The first-order chi connectivity index (χ1) is 13.7. The lowest BCUT2D eigenvalue weighted by atomic mass is 9.91. The Kier molecular flexibility index (Phi) is 6.15. The fourth-order valence-electron chi connectivity index (χ4n) is 3.05. The Morgan fingerprint density at radius 3 is 2.41 bits per heavy atom. The molecule has 1 atom stereocenters. The molecule has 6 nitrogen and oxygen atoms in total. The van der Waals surface area contributed by atoms with Crippen molar-refractivity contribution in [2.45, 2.75) is 12.1 Å². The van der Waals surface area contributed by atoms with Crippen molar-refractivity contribution in [1.29, 1.82) is 0 Å². The van der Waals surface area contributed by atoms with Gasteiger partial charge in [0.25, 0.3) is 10.2 Å². The van der Waals surface area contributed by atoms with E-state index in [1.54, 1.807) is 30.5 Å². The van der Waals surface area contributed by atoms with Crippen LogP contribution in [-0.2, 0) is 10.2 Å². The largest absolute Gasteiger partial charge is 0.497 e. The molecule has 2 aromatic carbocycles. The molecule has 29 heavy (non-hydrogen) atoms. The molecule has 0 saturated heterocycles. The van der Waals surface area contributed by atoms with Crippen LogP contribution in [0.2, 0.25) is 0 Å². The topological polar surface area (TPSA) is 83.2 Å². The van der Waals surface area contributed by atoms with Crippen LogP contribution in [0.1, 0.15) is 17.0 Å². The molecule has 1 heterocycles. The lowest BCUT2D eigenvalue weighted by Crippen LogP contribution is -2.42. The zero-order valence-electron chi connectivity index (χ0n) is 15.5. The molecule has 0 fully saturated rings. The van der Waals surface area contributed by atoms with Gasteiger partial charge in [-0.1, -0.05) is 30.3 Å². The Balaban J connectivity index is 1.89. The van der Waals surface area contributed by atoms with Gasteiger partial charge >= 0.3 is 6.18 Å². The standard InChI is InChI=1S/C19H20F3N3O3S/c1-28-14-8-6-13(7-9-14)16(11-24-29(26,27)25-12-19(20,21)22)17-10-23-18-5-3-2-4-15(17)18/h2-10,16,23-25H,11-12H2,1H3/t16-/m0/s1. The molecule has 0 aliphatic carbocycles. The molecular formula is C19H20F3N3O3S. The van der Waals surface area contributed by atoms with Gasteiger partial charge in [-0.15, -0.1) is 0 Å². The Morgan fingerprint density at radius 1 is 1.07 bits per heavy atom. The van der Waals surface area contributed by atoms with Crippen LogP contribution in [-0.4, -0.2) is 39.8 Å². The minimum Gasteiger partial charge on any atom is -0.497 e. The van der Waals surface area contributed by atoms with Crippen LogP contribution in [0.4, 0.5) is 13.2 Å². The maximum absolute atomic E-state index is 12.3. The van der Waals surface area contributed by atoms with Gasteiger partial charge < -0.3 is 9.72 Å². The molecule has 0 bridgehead atoms. The normalized spacial score (nSPS) is 13.5. The average Bonchev–Trinajstić information content (AvgIpc) is 3.11. The summed E-state index contributed by atoms with van der Waals surface area (Å²) in [7, 11) is -2.80. The fraction of sp³-hybridized carbons (Fsp3) is 0.263. The van der Waals surface area contributed by atoms with Crippen LogP contribution in [0.15, 0.2) is 54.7 Å².